The molecule has 0 bridgehead atoms. The minimum atomic E-state index is -0.189. The topological polar surface area (TPSA) is 71.8 Å². The number of pyridine rings is 1. The molecule has 1 aliphatic carbocycles. The Morgan fingerprint density at radius 3 is 3.00 bits per heavy atom. The Morgan fingerprint density at radius 1 is 1.24 bits per heavy atom. The fourth-order valence-corrected chi connectivity index (χ4v) is 3.03. The van der Waals surface area contributed by atoms with Gasteiger partial charge in [0.05, 0.1) is 6.20 Å². The number of nitrogens with one attached hydrogen (secondary N) is 2. The van der Waals surface area contributed by atoms with Crippen LogP contribution in [-0.4, -0.2) is 27.3 Å². The molecular formula is C19H25N5O. The number of urea groups is 1. The lowest BCUT2D eigenvalue weighted by atomic mass is 9.94. The molecule has 2 aromatic heterocycles. The van der Waals surface area contributed by atoms with Crippen molar-refractivity contribution in [2.24, 2.45) is 5.92 Å². The number of rotatable bonds is 7. The molecule has 2 heterocycles. The van der Waals surface area contributed by atoms with Crippen LogP contribution in [0.25, 0.3) is 0 Å². The fourth-order valence-electron chi connectivity index (χ4n) is 3.03. The lowest BCUT2D eigenvalue weighted by Gasteiger charge is -2.19. The highest BCUT2D eigenvalue weighted by Crippen LogP contribution is 2.21. The highest BCUT2D eigenvalue weighted by Gasteiger charge is 2.14. The molecule has 0 aromatic carbocycles. The van der Waals surface area contributed by atoms with Crippen LogP contribution in [0.2, 0.25) is 0 Å². The molecule has 1 aliphatic rings. The van der Waals surface area contributed by atoms with Crippen molar-refractivity contribution in [2.45, 2.75) is 38.6 Å². The van der Waals surface area contributed by atoms with Crippen molar-refractivity contribution < 1.29 is 4.79 Å². The Labute approximate surface area is 148 Å². The van der Waals surface area contributed by atoms with Crippen LogP contribution >= 0.6 is 0 Å². The lowest BCUT2D eigenvalue weighted by molar-refractivity contribution is 0.251. The van der Waals surface area contributed by atoms with Crippen molar-refractivity contribution in [2.75, 3.05) is 11.9 Å². The molecule has 0 aliphatic heterocycles. The summed E-state index contributed by atoms with van der Waals surface area (Å²) in [5.74, 6) is 1.34. The molecule has 0 saturated heterocycles. The highest BCUT2D eigenvalue weighted by atomic mass is 16.2. The van der Waals surface area contributed by atoms with Crippen molar-refractivity contribution in [1.29, 1.82) is 0 Å². The summed E-state index contributed by atoms with van der Waals surface area (Å²) in [7, 11) is 0. The van der Waals surface area contributed by atoms with Crippen LogP contribution in [0.1, 0.15) is 31.4 Å². The first-order valence-electron chi connectivity index (χ1n) is 8.93. The second kappa shape index (κ2) is 9.01. The molecule has 3 rings (SSSR count). The number of carbonyl (C=O) groups excluding carboxylic acids is 1. The first-order chi connectivity index (χ1) is 12.3. The molecule has 0 fully saturated rings. The second-order valence-electron chi connectivity index (χ2n) is 6.35. The molecule has 25 heavy (non-hydrogen) atoms. The number of amides is 2. The molecule has 0 unspecified atom stereocenters. The van der Waals surface area contributed by atoms with Gasteiger partial charge in [-0.3, -0.25) is 10.3 Å². The molecule has 2 amide bonds. The normalized spacial score (nSPS) is 16.6. The van der Waals surface area contributed by atoms with Crippen molar-refractivity contribution in [3.8, 4) is 0 Å². The molecule has 2 N–H and O–H groups in total. The third kappa shape index (κ3) is 5.45. The van der Waals surface area contributed by atoms with E-state index in [4.69, 9.17) is 0 Å². The van der Waals surface area contributed by atoms with Gasteiger partial charge in [0.2, 0.25) is 0 Å². The number of anilines is 1. The number of aromatic nitrogens is 3. The summed E-state index contributed by atoms with van der Waals surface area (Å²) in [5, 5.41) is 10.1. The van der Waals surface area contributed by atoms with Gasteiger partial charge < -0.3 is 5.32 Å². The summed E-state index contributed by atoms with van der Waals surface area (Å²) in [5.41, 5.74) is 1.05. The van der Waals surface area contributed by atoms with Crippen LogP contribution in [0.4, 0.5) is 10.6 Å². The van der Waals surface area contributed by atoms with Crippen LogP contribution in [0.15, 0.2) is 48.8 Å². The number of allylic oxidation sites excluding steroid dienone is 2. The monoisotopic (exact) mass is 339 g/mol. The van der Waals surface area contributed by atoms with Gasteiger partial charge in [0.15, 0.2) is 0 Å². The van der Waals surface area contributed by atoms with Gasteiger partial charge >= 0.3 is 6.03 Å². The predicted octanol–water partition coefficient (Wildman–Crippen LogP) is 3.39. The van der Waals surface area contributed by atoms with Gasteiger partial charge in [-0.1, -0.05) is 18.2 Å². The second-order valence-corrected chi connectivity index (χ2v) is 6.35. The average Bonchev–Trinajstić information content (AvgIpc) is 3.07. The van der Waals surface area contributed by atoms with Crippen LogP contribution < -0.4 is 10.6 Å². The van der Waals surface area contributed by atoms with E-state index in [0.717, 1.165) is 43.7 Å². The van der Waals surface area contributed by atoms with E-state index >= 15 is 0 Å². The molecule has 0 saturated carbocycles. The van der Waals surface area contributed by atoms with Crippen molar-refractivity contribution in [1.82, 2.24) is 20.1 Å². The number of hydrogen-bond acceptors (Lipinski definition) is 3. The van der Waals surface area contributed by atoms with Gasteiger partial charge in [-0.25, -0.2) is 9.48 Å². The Kier molecular flexibility index (Phi) is 6.20. The number of carbonyl (C=O) groups is 1. The summed E-state index contributed by atoms with van der Waals surface area (Å²) < 4.78 is 1.89. The first-order valence-corrected chi connectivity index (χ1v) is 8.93. The SMILES string of the molecule is O=C(NCCCc1ccccn1)Nc1ccnn1C[C@@H]1CC=CCC1. The van der Waals surface area contributed by atoms with E-state index in [1.807, 2.05) is 28.9 Å². The van der Waals surface area contributed by atoms with Crippen LogP contribution in [0, 0.1) is 5.92 Å². The summed E-state index contributed by atoms with van der Waals surface area (Å²) in [6.07, 6.45) is 13.1. The summed E-state index contributed by atoms with van der Waals surface area (Å²) in [4.78, 5) is 16.4. The highest BCUT2D eigenvalue weighted by molar-refractivity contribution is 5.88. The van der Waals surface area contributed by atoms with Gasteiger partial charge in [-0.05, 0) is 50.2 Å². The van der Waals surface area contributed by atoms with E-state index in [1.54, 1.807) is 12.4 Å². The summed E-state index contributed by atoms with van der Waals surface area (Å²) in [6, 6.07) is 7.53. The third-order valence-electron chi connectivity index (χ3n) is 4.39. The quantitative estimate of drug-likeness (QED) is 0.600. The first kappa shape index (κ1) is 17.2. The van der Waals surface area contributed by atoms with E-state index < -0.39 is 0 Å². The zero-order valence-corrected chi connectivity index (χ0v) is 14.4. The molecule has 2 aromatic rings. The van der Waals surface area contributed by atoms with E-state index in [0.29, 0.717) is 12.5 Å². The number of nitrogens with zero attached hydrogens (tertiary/aromatic N) is 3. The van der Waals surface area contributed by atoms with Gasteiger partial charge in [0.25, 0.3) is 0 Å². The van der Waals surface area contributed by atoms with Gasteiger partial charge in [-0.15, -0.1) is 0 Å². The van der Waals surface area contributed by atoms with Crippen molar-refractivity contribution in [3.05, 3.63) is 54.5 Å². The smallest absolute Gasteiger partial charge is 0.320 e. The standard InChI is InChI=1S/C19H25N5O/c25-19(21-13-6-10-17-9-4-5-12-20-17)23-18-11-14-22-24(18)15-16-7-2-1-3-8-16/h1-2,4-5,9,11-12,14,16H,3,6-8,10,13,15H2,(H2,21,23,25)/t16-/m1/s1. The molecule has 6 nitrogen and oxygen atoms in total. The van der Waals surface area contributed by atoms with Crippen molar-refractivity contribution in [3.63, 3.8) is 0 Å². The third-order valence-corrected chi connectivity index (χ3v) is 4.39. The van der Waals surface area contributed by atoms with Crippen LogP contribution in [0.3, 0.4) is 0 Å². The molecule has 1 atom stereocenters. The minimum Gasteiger partial charge on any atom is -0.338 e. The van der Waals surface area contributed by atoms with E-state index in [9.17, 15) is 4.79 Å². The maximum Gasteiger partial charge on any atom is 0.320 e. The zero-order chi connectivity index (χ0) is 17.3. The summed E-state index contributed by atoms with van der Waals surface area (Å²) in [6.45, 7) is 1.45. The minimum absolute atomic E-state index is 0.189. The van der Waals surface area contributed by atoms with Gasteiger partial charge in [0.1, 0.15) is 5.82 Å². The molecule has 0 radical (unpaired) electrons. The van der Waals surface area contributed by atoms with Crippen LogP contribution in [-0.2, 0) is 13.0 Å². The van der Waals surface area contributed by atoms with E-state index in [1.165, 1.54) is 6.42 Å². The van der Waals surface area contributed by atoms with Crippen LogP contribution in [0.5, 0.6) is 0 Å². The van der Waals surface area contributed by atoms with Gasteiger partial charge in [-0.2, -0.15) is 5.10 Å². The molecule has 6 heteroatoms. The fraction of sp³-hybridized carbons (Fsp3) is 0.421. The molecular weight excluding hydrogens is 314 g/mol. The number of aryl methyl sites for hydroxylation is 1. The Bertz CT molecular complexity index is 695. The Balaban J connectivity index is 1.40. The van der Waals surface area contributed by atoms with E-state index in [2.05, 4.69) is 32.9 Å². The van der Waals surface area contributed by atoms with E-state index in [-0.39, 0.29) is 6.03 Å². The van der Waals surface area contributed by atoms with Gasteiger partial charge in [0, 0.05) is 31.0 Å². The largest absolute Gasteiger partial charge is 0.338 e. The maximum absolute atomic E-state index is 12.1. The molecule has 132 valence electrons. The lowest BCUT2D eigenvalue weighted by Crippen LogP contribution is -2.31. The predicted molar refractivity (Wildman–Crippen MR) is 98.3 cm³/mol. The average molecular weight is 339 g/mol. The zero-order valence-electron chi connectivity index (χ0n) is 14.4. The maximum atomic E-state index is 12.1. The Hall–Kier alpha value is -2.63. The Morgan fingerprint density at radius 2 is 2.20 bits per heavy atom. The summed E-state index contributed by atoms with van der Waals surface area (Å²) >= 11 is 0. The number of hydrogen-bond donors (Lipinski definition) is 2. The molecule has 0 spiro atoms. The van der Waals surface area contributed by atoms with Crippen molar-refractivity contribution >= 4 is 11.8 Å².